The molecule has 1 aliphatic heterocycles. The van der Waals surface area contributed by atoms with E-state index in [0.29, 0.717) is 30.3 Å². The Kier molecular flexibility index (Phi) is 5.22. The number of hydrogen-bond acceptors (Lipinski definition) is 6. The molecular formula is C23H23N3O3S2. The predicted octanol–water partition coefficient (Wildman–Crippen LogP) is 3.79. The minimum absolute atomic E-state index is 0.0211. The van der Waals surface area contributed by atoms with Crippen LogP contribution in [0.25, 0.3) is 15.9 Å². The van der Waals surface area contributed by atoms with Gasteiger partial charge in [0.15, 0.2) is 5.16 Å². The fraction of sp³-hybridized carbons (Fsp3) is 0.391. The highest BCUT2D eigenvalue weighted by Crippen LogP contribution is 2.36. The second-order valence-electron chi connectivity index (χ2n) is 8.15. The first-order valence-corrected chi connectivity index (χ1v) is 12.3. The standard InChI is InChI=1S/C23H23N3O3S2/c1-13-6-7-16(14(2)12-13)26-22(29)20-15-4-3-5-17(15)31-21(20)24-23(26)30-11-10-25-18(27)8-9-19(25)28/h6-7,12H,3-5,8-11H2,1-2H3. The van der Waals surface area contributed by atoms with Crippen molar-refractivity contribution in [3.8, 4) is 5.69 Å². The van der Waals surface area contributed by atoms with Crippen molar-refractivity contribution >= 4 is 45.1 Å². The summed E-state index contributed by atoms with van der Waals surface area (Å²) in [6, 6.07) is 6.05. The van der Waals surface area contributed by atoms with Crippen molar-refractivity contribution in [3.05, 3.63) is 50.1 Å². The lowest BCUT2D eigenvalue weighted by molar-refractivity contribution is -0.137. The lowest BCUT2D eigenvalue weighted by atomic mass is 10.1. The maximum Gasteiger partial charge on any atom is 0.267 e. The third-order valence-electron chi connectivity index (χ3n) is 6.00. The summed E-state index contributed by atoms with van der Waals surface area (Å²) in [7, 11) is 0. The Morgan fingerprint density at radius 3 is 2.58 bits per heavy atom. The summed E-state index contributed by atoms with van der Waals surface area (Å²) >= 11 is 3.06. The molecule has 160 valence electrons. The summed E-state index contributed by atoms with van der Waals surface area (Å²) in [6.07, 6.45) is 3.63. The Bertz CT molecular complexity index is 1280. The van der Waals surface area contributed by atoms with Gasteiger partial charge in [0, 0.05) is 30.0 Å². The molecule has 0 atom stereocenters. The van der Waals surface area contributed by atoms with Gasteiger partial charge in [0.2, 0.25) is 11.8 Å². The molecule has 5 rings (SSSR count). The van der Waals surface area contributed by atoms with Gasteiger partial charge in [-0.25, -0.2) is 4.98 Å². The molecule has 0 spiro atoms. The zero-order valence-corrected chi connectivity index (χ0v) is 19.2. The number of rotatable bonds is 5. The van der Waals surface area contributed by atoms with Gasteiger partial charge < -0.3 is 0 Å². The SMILES string of the molecule is Cc1ccc(-n2c(SCCN3C(=O)CCC3=O)nc3sc4c(c3c2=O)CCC4)c(C)c1. The average Bonchev–Trinajstić information content (AvgIpc) is 3.39. The molecule has 0 saturated carbocycles. The molecule has 0 unspecified atom stereocenters. The zero-order valence-electron chi connectivity index (χ0n) is 17.6. The molecule has 2 aromatic heterocycles. The minimum Gasteiger partial charge on any atom is -0.282 e. The lowest BCUT2D eigenvalue weighted by Gasteiger charge is -2.17. The molecular weight excluding hydrogens is 430 g/mol. The van der Waals surface area contributed by atoms with E-state index in [9.17, 15) is 14.4 Å². The summed E-state index contributed by atoms with van der Waals surface area (Å²) < 4.78 is 1.72. The van der Waals surface area contributed by atoms with Crippen molar-refractivity contribution in [1.29, 1.82) is 0 Å². The van der Waals surface area contributed by atoms with Crippen LogP contribution in [-0.2, 0) is 22.4 Å². The fourth-order valence-corrected chi connectivity index (χ4v) is 6.72. The van der Waals surface area contributed by atoms with Gasteiger partial charge in [-0.2, -0.15) is 0 Å². The van der Waals surface area contributed by atoms with E-state index >= 15 is 0 Å². The number of thiophene rings is 1. The monoisotopic (exact) mass is 453 g/mol. The maximum absolute atomic E-state index is 13.7. The number of benzene rings is 1. The van der Waals surface area contributed by atoms with Crippen LogP contribution in [0.4, 0.5) is 0 Å². The molecule has 1 fully saturated rings. The number of hydrogen-bond donors (Lipinski definition) is 0. The van der Waals surface area contributed by atoms with Gasteiger partial charge in [0.05, 0.1) is 11.1 Å². The molecule has 3 aromatic rings. The third-order valence-corrected chi connectivity index (χ3v) is 8.11. The van der Waals surface area contributed by atoms with Crippen LogP contribution in [-0.4, -0.2) is 38.6 Å². The zero-order chi connectivity index (χ0) is 21.7. The number of imide groups is 1. The van der Waals surface area contributed by atoms with Crippen molar-refractivity contribution in [3.63, 3.8) is 0 Å². The molecule has 1 aromatic carbocycles. The Balaban J connectivity index is 1.58. The first-order valence-electron chi connectivity index (χ1n) is 10.5. The van der Waals surface area contributed by atoms with Crippen molar-refractivity contribution in [2.45, 2.75) is 51.1 Å². The van der Waals surface area contributed by atoms with E-state index in [1.807, 2.05) is 26.0 Å². The van der Waals surface area contributed by atoms with Crippen LogP contribution in [0.5, 0.6) is 0 Å². The van der Waals surface area contributed by atoms with Crippen LogP contribution in [0.15, 0.2) is 28.2 Å². The van der Waals surface area contributed by atoms with Gasteiger partial charge >= 0.3 is 0 Å². The highest BCUT2D eigenvalue weighted by molar-refractivity contribution is 7.99. The van der Waals surface area contributed by atoms with Gasteiger partial charge in [0.1, 0.15) is 4.83 Å². The molecule has 0 bridgehead atoms. The maximum atomic E-state index is 13.7. The summed E-state index contributed by atoms with van der Waals surface area (Å²) in [4.78, 5) is 45.9. The number of carbonyl (C=O) groups excluding carboxylic acids is 2. The summed E-state index contributed by atoms with van der Waals surface area (Å²) in [6.45, 7) is 4.38. The van der Waals surface area contributed by atoms with E-state index in [0.717, 1.165) is 46.3 Å². The largest absolute Gasteiger partial charge is 0.282 e. The first kappa shape index (κ1) is 20.5. The van der Waals surface area contributed by atoms with Crippen molar-refractivity contribution in [1.82, 2.24) is 14.5 Å². The minimum atomic E-state index is -0.115. The number of fused-ring (bicyclic) bond motifs is 3. The van der Waals surface area contributed by atoms with Crippen LogP contribution < -0.4 is 5.56 Å². The van der Waals surface area contributed by atoms with Gasteiger partial charge in [-0.1, -0.05) is 29.5 Å². The molecule has 2 aliphatic rings. The Morgan fingerprint density at radius 1 is 1.06 bits per heavy atom. The first-order chi connectivity index (χ1) is 14.9. The molecule has 2 amide bonds. The van der Waals surface area contributed by atoms with Crippen LogP contribution in [0.1, 0.15) is 40.8 Å². The van der Waals surface area contributed by atoms with Gasteiger partial charge in [-0.15, -0.1) is 11.3 Å². The van der Waals surface area contributed by atoms with E-state index in [-0.39, 0.29) is 17.4 Å². The van der Waals surface area contributed by atoms with Crippen molar-refractivity contribution in [2.75, 3.05) is 12.3 Å². The van der Waals surface area contributed by atoms with Crippen LogP contribution in [0, 0.1) is 13.8 Å². The summed E-state index contributed by atoms with van der Waals surface area (Å²) in [5.41, 5.74) is 4.13. The quantitative estimate of drug-likeness (QED) is 0.334. The summed E-state index contributed by atoms with van der Waals surface area (Å²) in [5, 5.41) is 1.37. The summed E-state index contributed by atoms with van der Waals surface area (Å²) in [5.74, 6) is 0.275. The topological polar surface area (TPSA) is 72.3 Å². The van der Waals surface area contributed by atoms with E-state index < -0.39 is 0 Å². The number of thioether (sulfide) groups is 1. The number of aryl methyl sites for hydroxylation is 4. The molecule has 6 nitrogen and oxygen atoms in total. The lowest BCUT2D eigenvalue weighted by Crippen LogP contribution is -2.31. The normalized spacial score (nSPS) is 16.0. The fourth-order valence-electron chi connectivity index (χ4n) is 4.49. The van der Waals surface area contributed by atoms with E-state index in [4.69, 9.17) is 4.98 Å². The Morgan fingerprint density at radius 2 is 1.84 bits per heavy atom. The van der Waals surface area contributed by atoms with Crippen LogP contribution in [0.2, 0.25) is 0 Å². The smallest absolute Gasteiger partial charge is 0.267 e. The number of aromatic nitrogens is 2. The Hall–Kier alpha value is -2.45. The molecule has 8 heteroatoms. The van der Waals surface area contributed by atoms with E-state index in [2.05, 4.69) is 6.07 Å². The molecule has 3 heterocycles. The van der Waals surface area contributed by atoms with E-state index in [1.54, 1.807) is 15.9 Å². The predicted molar refractivity (Wildman–Crippen MR) is 123 cm³/mol. The number of likely N-dealkylation sites (tertiary alicyclic amines) is 1. The highest BCUT2D eigenvalue weighted by Gasteiger charge is 2.29. The van der Waals surface area contributed by atoms with Gasteiger partial charge in [0.25, 0.3) is 5.56 Å². The van der Waals surface area contributed by atoms with Crippen molar-refractivity contribution in [2.24, 2.45) is 0 Å². The third kappa shape index (κ3) is 3.51. The van der Waals surface area contributed by atoms with Gasteiger partial charge in [-0.3, -0.25) is 23.9 Å². The molecule has 0 radical (unpaired) electrons. The van der Waals surface area contributed by atoms with Crippen LogP contribution in [0.3, 0.4) is 0 Å². The second-order valence-corrected chi connectivity index (χ2v) is 10.3. The molecule has 1 saturated heterocycles. The van der Waals surface area contributed by atoms with Gasteiger partial charge in [-0.05, 0) is 50.3 Å². The number of nitrogens with zero attached hydrogens (tertiary/aromatic N) is 3. The van der Waals surface area contributed by atoms with Crippen molar-refractivity contribution < 1.29 is 9.59 Å². The average molecular weight is 454 g/mol. The molecule has 0 N–H and O–H groups in total. The molecule has 31 heavy (non-hydrogen) atoms. The van der Waals surface area contributed by atoms with Crippen LogP contribution >= 0.6 is 23.1 Å². The number of amides is 2. The Labute approximate surface area is 188 Å². The second kappa shape index (κ2) is 7.91. The molecule has 1 aliphatic carbocycles. The van der Waals surface area contributed by atoms with E-state index in [1.165, 1.54) is 27.1 Å². The highest BCUT2D eigenvalue weighted by atomic mass is 32.2. The number of carbonyl (C=O) groups is 2.